The standard InChI is InChI=1S/C16H17N3O4S2/c1-9-15(24-8-13(17)21)25-16(18-9)19-14(22)7-23-12-5-3-11(4-6-12)10(2)20/h3-6H,7-8H2,1-2H3,(H2,17,21)(H,18,19,22). The van der Waals surface area contributed by atoms with Crippen molar-refractivity contribution in [3.05, 3.63) is 35.5 Å². The van der Waals surface area contributed by atoms with E-state index in [1.165, 1.54) is 30.0 Å². The van der Waals surface area contributed by atoms with Gasteiger partial charge in [0.05, 0.1) is 15.7 Å². The highest BCUT2D eigenvalue weighted by Crippen LogP contribution is 2.31. The fourth-order valence-corrected chi connectivity index (χ4v) is 3.69. The van der Waals surface area contributed by atoms with E-state index in [0.29, 0.717) is 16.4 Å². The molecule has 7 nitrogen and oxygen atoms in total. The van der Waals surface area contributed by atoms with Crippen LogP contribution >= 0.6 is 23.1 Å². The van der Waals surface area contributed by atoms with Crippen LogP contribution in [0.3, 0.4) is 0 Å². The minimum atomic E-state index is -0.410. The smallest absolute Gasteiger partial charge is 0.264 e. The number of benzene rings is 1. The normalized spacial score (nSPS) is 10.3. The Hall–Kier alpha value is -2.39. The molecule has 2 aromatic rings. The first-order valence-corrected chi connectivity index (χ1v) is 9.07. The number of hydrogen-bond donors (Lipinski definition) is 2. The number of carbonyl (C=O) groups excluding carboxylic acids is 3. The Balaban J connectivity index is 1.86. The largest absolute Gasteiger partial charge is 0.484 e. The molecule has 0 aliphatic heterocycles. The maximum absolute atomic E-state index is 11.9. The number of ether oxygens (including phenoxy) is 1. The number of Topliss-reactive ketones (excluding diaryl/α,β-unsaturated/α-hetero) is 1. The Morgan fingerprint density at radius 3 is 2.56 bits per heavy atom. The van der Waals surface area contributed by atoms with Gasteiger partial charge in [0.15, 0.2) is 17.5 Å². The molecule has 0 saturated carbocycles. The number of nitrogens with one attached hydrogen (secondary N) is 1. The number of amides is 2. The van der Waals surface area contributed by atoms with Crippen molar-refractivity contribution < 1.29 is 19.1 Å². The predicted octanol–water partition coefficient (Wildman–Crippen LogP) is 2.25. The highest BCUT2D eigenvalue weighted by molar-refractivity contribution is 8.01. The second-order valence-electron chi connectivity index (χ2n) is 5.06. The molecular formula is C16H17N3O4S2. The van der Waals surface area contributed by atoms with Crippen LogP contribution in [0.2, 0.25) is 0 Å². The fourth-order valence-electron chi connectivity index (χ4n) is 1.80. The lowest BCUT2D eigenvalue weighted by Gasteiger charge is -2.06. The van der Waals surface area contributed by atoms with E-state index < -0.39 is 5.91 Å². The molecule has 1 aromatic carbocycles. The van der Waals surface area contributed by atoms with Gasteiger partial charge in [-0.1, -0.05) is 11.3 Å². The van der Waals surface area contributed by atoms with Crippen LogP contribution in [-0.2, 0) is 9.59 Å². The second kappa shape index (κ2) is 8.63. The van der Waals surface area contributed by atoms with E-state index in [9.17, 15) is 14.4 Å². The van der Waals surface area contributed by atoms with Crippen molar-refractivity contribution in [1.29, 1.82) is 0 Å². The first-order chi connectivity index (χ1) is 11.8. The summed E-state index contributed by atoms with van der Waals surface area (Å²) in [5.74, 6) is -0.138. The minimum absolute atomic E-state index is 0.0338. The molecule has 2 amide bonds. The molecule has 1 aromatic heterocycles. The third kappa shape index (κ3) is 5.87. The molecule has 2 rings (SSSR count). The van der Waals surface area contributed by atoms with E-state index in [1.807, 2.05) is 0 Å². The average Bonchev–Trinajstić information content (AvgIpc) is 2.90. The van der Waals surface area contributed by atoms with Crippen molar-refractivity contribution in [3.63, 3.8) is 0 Å². The summed E-state index contributed by atoms with van der Waals surface area (Å²) < 4.78 is 6.21. The van der Waals surface area contributed by atoms with Gasteiger partial charge in [-0.15, -0.1) is 11.8 Å². The summed E-state index contributed by atoms with van der Waals surface area (Å²) in [6.07, 6.45) is 0. The Bertz CT molecular complexity index is 787. The summed E-state index contributed by atoms with van der Waals surface area (Å²) in [5, 5.41) is 3.09. The maximum Gasteiger partial charge on any atom is 0.264 e. The lowest BCUT2D eigenvalue weighted by atomic mass is 10.1. The number of primary amides is 1. The third-order valence-electron chi connectivity index (χ3n) is 2.98. The summed E-state index contributed by atoms with van der Waals surface area (Å²) in [7, 11) is 0. The van der Waals surface area contributed by atoms with Gasteiger partial charge in [-0.05, 0) is 38.1 Å². The van der Waals surface area contributed by atoms with Crippen LogP contribution in [0, 0.1) is 6.92 Å². The molecule has 132 valence electrons. The maximum atomic E-state index is 11.9. The van der Waals surface area contributed by atoms with Crippen LogP contribution in [0.15, 0.2) is 28.5 Å². The molecule has 0 aliphatic carbocycles. The average molecular weight is 379 g/mol. The van der Waals surface area contributed by atoms with Gasteiger partial charge in [0, 0.05) is 5.56 Å². The summed E-state index contributed by atoms with van der Waals surface area (Å²) in [6, 6.07) is 6.55. The van der Waals surface area contributed by atoms with Gasteiger partial charge in [0.25, 0.3) is 5.91 Å². The van der Waals surface area contributed by atoms with Gasteiger partial charge < -0.3 is 10.5 Å². The number of nitrogens with two attached hydrogens (primary N) is 1. The topological polar surface area (TPSA) is 111 Å². The lowest BCUT2D eigenvalue weighted by Crippen LogP contribution is -2.20. The quantitative estimate of drug-likeness (QED) is 0.537. The first kappa shape index (κ1) is 18.9. The van der Waals surface area contributed by atoms with Crippen LogP contribution in [0.5, 0.6) is 5.75 Å². The molecule has 3 N–H and O–H groups in total. The van der Waals surface area contributed by atoms with Crippen LogP contribution in [0.25, 0.3) is 0 Å². The van der Waals surface area contributed by atoms with Crippen molar-refractivity contribution >= 4 is 45.8 Å². The van der Waals surface area contributed by atoms with E-state index in [4.69, 9.17) is 10.5 Å². The molecule has 25 heavy (non-hydrogen) atoms. The summed E-state index contributed by atoms with van der Waals surface area (Å²) in [5.41, 5.74) is 6.43. The van der Waals surface area contributed by atoms with Crippen LogP contribution in [0.1, 0.15) is 23.0 Å². The minimum Gasteiger partial charge on any atom is -0.484 e. The molecule has 9 heteroatoms. The number of rotatable bonds is 8. The van der Waals surface area contributed by atoms with Gasteiger partial charge >= 0.3 is 0 Å². The van der Waals surface area contributed by atoms with E-state index in [1.54, 1.807) is 31.2 Å². The predicted molar refractivity (Wildman–Crippen MR) is 97.3 cm³/mol. The lowest BCUT2D eigenvalue weighted by molar-refractivity contribution is -0.118. The van der Waals surface area contributed by atoms with Crippen molar-refractivity contribution in [2.75, 3.05) is 17.7 Å². The van der Waals surface area contributed by atoms with Gasteiger partial charge in [-0.3, -0.25) is 19.7 Å². The van der Waals surface area contributed by atoms with Gasteiger partial charge in [0.1, 0.15) is 5.75 Å². The molecule has 0 spiro atoms. The van der Waals surface area contributed by atoms with Crippen molar-refractivity contribution in [2.45, 2.75) is 18.1 Å². The van der Waals surface area contributed by atoms with Gasteiger partial charge in [-0.2, -0.15) is 0 Å². The third-order valence-corrected chi connectivity index (χ3v) is 5.43. The number of ketones is 1. The van der Waals surface area contributed by atoms with E-state index >= 15 is 0 Å². The number of nitrogens with zero attached hydrogens (tertiary/aromatic N) is 1. The Kier molecular flexibility index (Phi) is 6.54. The molecule has 0 unspecified atom stereocenters. The van der Waals surface area contributed by atoms with Crippen LogP contribution in [-0.4, -0.2) is 34.9 Å². The molecule has 0 bridgehead atoms. The van der Waals surface area contributed by atoms with Gasteiger partial charge in [0.2, 0.25) is 5.91 Å². The number of aromatic nitrogens is 1. The summed E-state index contributed by atoms with van der Waals surface area (Å²) in [6.45, 7) is 3.10. The van der Waals surface area contributed by atoms with Crippen molar-refractivity contribution in [2.24, 2.45) is 5.73 Å². The fraction of sp³-hybridized carbons (Fsp3) is 0.250. The number of aryl methyl sites for hydroxylation is 1. The monoisotopic (exact) mass is 379 g/mol. The Morgan fingerprint density at radius 1 is 1.28 bits per heavy atom. The number of hydrogen-bond acceptors (Lipinski definition) is 7. The molecular weight excluding hydrogens is 362 g/mol. The zero-order chi connectivity index (χ0) is 18.4. The SMILES string of the molecule is CC(=O)c1ccc(OCC(=O)Nc2nc(C)c(SCC(N)=O)s2)cc1. The number of thiazole rings is 1. The highest BCUT2D eigenvalue weighted by atomic mass is 32.2. The number of thioether (sulfide) groups is 1. The zero-order valence-corrected chi connectivity index (χ0v) is 15.3. The van der Waals surface area contributed by atoms with E-state index in [-0.39, 0.29) is 24.1 Å². The summed E-state index contributed by atoms with van der Waals surface area (Å²) >= 11 is 2.56. The second-order valence-corrected chi connectivity index (χ2v) is 7.31. The Morgan fingerprint density at radius 2 is 1.96 bits per heavy atom. The highest BCUT2D eigenvalue weighted by Gasteiger charge is 2.12. The van der Waals surface area contributed by atoms with Crippen LogP contribution in [0.4, 0.5) is 5.13 Å². The first-order valence-electron chi connectivity index (χ1n) is 7.27. The van der Waals surface area contributed by atoms with Gasteiger partial charge in [-0.25, -0.2) is 4.98 Å². The molecule has 0 aliphatic rings. The molecule has 0 saturated heterocycles. The zero-order valence-electron chi connectivity index (χ0n) is 13.7. The molecule has 0 atom stereocenters. The summed E-state index contributed by atoms with van der Waals surface area (Å²) in [4.78, 5) is 38.2. The van der Waals surface area contributed by atoms with Crippen molar-refractivity contribution in [1.82, 2.24) is 4.98 Å². The van der Waals surface area contributed by atoms with E-state index in [0.717, 1.165) is 9.90 Å². The van der Waals surface area contributed by atoms with Crippen molar-refractivity contribution in [3.8, 4) is 5.75 Å². The Labute approximate surface area is 153 Å². The van der Waals surface area contributed by atoms with Crippen LogP contribution < -0.4 is 15.8 Å². The molecule has 0 radical (unpaired) electrons. The van der Waals surface area contributed by atoms with E-state index in [2.05, 4.69) is 10.3 Å². The number of carbonyl (C=O) groups is 3. The molecule has 0 fully saturated rings. The molecule has 1 heterocycles. The number of anilines is 1.